The van der Waals surface area contributed by atoms with Gasteiger partial charge in [-0.15, -0.1) is 0 Å². The molecule has 0 aromatic heterocycles. The number of ether oxygens (including phenoxy) is 3. The lowest BCUT2D eigenvalue weighted by Gasteiger charge is -2.43. The lowest BCUT2D eigenvalue weighted by molar-refractivity contribution is -0.128. The molecule has 6 atom stereocenters. The Labute approximate surface area is 182 Å². The Morgan fingerprint density at radius 3 is 2.67 bits per heavy atom. The summed E-state index contributed by atoms with van der Waals surface area (Å²) in [5.74, 6) is 1.29. The quantitative estimate of drug-likeness (QED) is 0.548. The van der Waals surface area contributed by atoms with E-state index in [4.69, 9.17) is 14.2 Å². The van der Waals surface area contributed by atoms with Crippen molar-refractivity contribution in [3.05, 3.63) is 0 Å². The van der Waals surface area contributed by atoms with Gasteiger partial charge in [-0.05, 0) is 70.4 Å². The second-order valence-corrected chi connectivity index (χ2v) is 10.7. The zero-order chi connectivity index (χ0) is 21.4. The van der Waals surface area contributed by atoms with Gasteiger partial charge in [0, 0.05) is 32.5 Å². The van der Waals surface area contributed by atoms with E-state index in [1.165, 1.54) is 32.4 Å². The van der Waals surface area contributed by atoms with Crippen LogP contribution in [-0.2, 0) is 19.0 Å². The van der Waals surface area contributed by atoms with Crippen LogP contribution in [0.5, 0.6) is 0 Å². The van der Waals surface area contributed by atoms with Crippen LogP contribution in [0.25, 0.3) is 0 Å². The Hall–Kier alpha value is -0.690. The van der Waals surface area contributed by atoms with Gasteiger partial charge in [0.25, 0.3) is 0 Å². The topological polar surface area (TPSA) is 66.6 Å². The molecule has 0 aromatic carbocycles. The second-order valence-electron chi connectivity index (χ2n) is 10.7. The van der Waals surface area contributed by atoms with Crippen LogP contribution in [0.4, 0.5) is 0 Å². The first-order chi connectivity index (χ1) is 14.4. The summed E-state index contributed by atoms with van der Waals surface area (Å²) in [7, 11) is 1.80. The minimum Gasteiger partial charge on any atom is -0.381 e. The van der Waals surface area contributed by atoms with Crippen molar-refractivity contribution in [1.82, 2.24) is 10.2 Å². The summed E-state index contributed by atoms with van der Waals surface area (Å²) in [5, 5.41) is 3.15. The monoisotopic (exact) mass is 422 g/mol. The largest absolute Gasteiger partial charge is 0.381 e. The molecule has 2 unspecified atom stereocenters. The third-order valence-electron chi connectivity index (χ3n) is 8.08. The smallest absolute Gasteiger partial charge is 0.220 e. The molecule has 4 rings (SSSR count). The predicted molar refractivity (Wildman–Crippen MR) is 116 cm³/mol. The first kappa shape index (κ1) is 22.5. The van der Waals surface area contributed by atoms with Gasteiger partial charge in [0.15, 0.2) is 0 Å². The Bertz CT molecular complexity index is 602. The molecule has 3 aliphatic heterocycles. The number of methoxy groups -OCH3 is 1. The maximum atomic E-state index is 12.7. The zero-order valence-corrected chi connectivity index (χ0v) is 19.5. The van der Waals surface area contributed by atoms with Crippen LogP contribution in [0.3, 0.4) is 0 Å². The van der Waals surface area contributed by atoms with E-state index in [0.29, 0.717) is 12.3 Å². The van der Waals surface area contributed by atoms with Crippen LogP contribution < -0.4 is 5.32 Å². The average molecular weight is 423 g/mol. The molecule has 1 saturated carbocycles. The van der Waals surface area contributed by atoms with Crippen molar-refractivity contribution in [2.75, 3.05) is 39.9 Å². The molecule has 1 N–H and O–H groups in total. The molecule has 0 bridgehead atoms. The summed E-state index contributed by atoms with van der Waals surface area (Å²) < 4.78 is 18.4. The fraction of sp³-hybridized carbons (Fsp3) is 0.958. The Morgan fingerprint density at radius 1 is 1.30 bits per heavy atom. The molecule has 4 fully saturated rings. The number of hydrogen-bond acceptors (Lipinski definition) is 5. The number of carbonyl (C=O) groups excluding carboxylic acids is 1. The molecule has 6 nitrogen and oxygen atoms in total. The Balaban J connectivity index is 1.34. The van der Waals surface area contributed by atoms with Gasteiger partial charge in [-0.3, -0.25) is 4.79 Å². The normalized spacial score (nSPS) is 40.8. The van der Waals surface area contributed by atoms with E-state index in [1.54, 1.807) is 7.11 Å². The first-order valence-electron chi connectivity index (χ1n) is 12.2. The number of epoxide rings is 2. The fourth-order valence-corrected chi connectivity index (χ4v) is 6.18. The predicted octanol–water partition coefficient (Wildman–Crippen LogP) is 2.99. The van der Waals surface area contributed by atoms with E-state index >= 15 is 0 Å². The highest BCUT2D eigenvalue weighted by atomic mass is 16.6. The van der Waals surface area contributed by atoms with Gasteiger partial charge in [0.1, 0.15) is 5.60 Å². The van der Waals surface area contributed by atoms with Gasteiger partial charge in [0.2, 0.25) is 5.91 Å². The van der Waals surface area contributed by atoms with E-state index in [2.05, 4.69) is 31.0 Å². The van der Waals surface area contributed by atoms with Gasteiger partial charge in [-0.25, -0.2) is 0 Å². The Kier molecular flexibility index (Phi) is 6.79. The van der Waals surface area contributed by atoms with E-state index in [1.807, 2.05) is 0 Å². The van der Waals surface area contributed by atoms with E-state index in [0.717, 1.165) is 39.0 Å². The average Bonchev–Trinajstić information content (AvgIpc) is 3.55. The standard InChI is InChI=1S/C24H42N2O4/c1-17(2)7-8-19-23(3,30-19)22-21(28-4)18(9-10-24(22)16-29-24)15-20(27)25-11-14-26-12-5-6-13-26/h17-19,21-22H,5-16H2,1-4H3,(H,25,27)/t18?,19-,21-,22-,23?,24+/m1/s1. The molecule has 4 aliphatic rings. The minimum atomic E-state index is -0.184. The molecule has 30 heavy (non-hydrogen) atoms. The van der Waals surface area contributed by atoms with Crippen LogP contribution in [0, 0.1) is 17.8 Å². The molecule has 172 valence electrons. The van der Waals surface area contributed by atoms with Gasteiger partial charge in [-0.1, -0.05) is 13.8 Å². The van der Waals surface area contributed by atoms with Crippen molar-refractivity contribution >= 4 is 5.91 Å². The molecule has 0 aromatic rings. The summed E-state index contributed by atoms with van der Waals surface area (Å²) >= 11 is 0. The summed E-state index contributed by atoms with van der Waals surface area (Å²) in [6.45, 7) is 11.6. The lowest BCUT2D eigenvalue weighted by Crippen LogP contribution is -2.53. The number of rotatable bonds is 10. The van der Waals surface area contributed by atoms with Crippen LogP contribution in [0.15, 0.2) is 0 Å². The van der Waals surface area contributed by atoms with Crippen molar-refractivity contribution in [2.45, 2.75) is 89.1 Å². The molecule has 1 spiro atoms. The molecule has 1 amide bonds. The van der Waals surface area contributed by atoms with Crippen molar-refractivity contribution < 1.29 is 19.0 Å². The Morgan fingerprint density at radius 2 is 2.03 bits per heavy atom. The molecule has 3 saturated heterocycles. The van der Waals surface area contributed by atoms with Crippen molar-refractivity contribution in [2.24, 2.45) is 17.8 Å². The molecule has 1 aliphatic carbocycles. The lowest BCUT2D eigenvalue weighted by atomic mass is 9.64. The number of nitrogens with one attached hydrogen (secondary N) is 1. The number of hydrogen-bond donors (Lipinski definition) is 1. The minimum absolute atomic E-state index is 0.0135. The third-order valence-corrected chi connectivity index (χ3v) is 8.08. The molecule has 3 heterocycles. The molecule has 6 heteroatoms. The van der Waals surface area contributed by atoms with Crippen molar-refractivity contribution in [3.63, 3.8) is 0 Å². The summed E-state index contributed by atoms with van der Waals surface area (Å²) in [6, 6.07) is 0. The van der Waals surface area contributed by atoms with E-state index < -0.39 is 0 Å². The van der Waals surface area contributed by atoms with Crippen molar-refractivity contribution in [3.8, 4) is 0 Å². The molecule has 0 radical (unpaired) electrons. The highest BCUT2D eigenvalue weighted by Crippen LogP contribution is 2.60. The molecular formula is C24H42N2O4. The van der Waals surface area contributed by atoms with Gasteiger partial charge < -0.3 is 24.4 Å². The number of amides is 1. The summed E-state index contributed by atoms with van der Waals surface area (Å²) in [6.07, 6.45) is 7.69. The summed E-state index contributed by atoms with van der Waals surface area (Å²) in [4.78, 5) is 15.1. The van der Waals surface area contributed by atoms with Gasteiger partial charge >= 0.3 is 0 Å². The highest BCUT2D eigenvalue weighted by molar-refractivity contribution is 5.76. The van der Waals surface area contributed by atoms with Crippen LogP contribution in [0.1, 0.15) is 65.7 Å². The first-order valence-corrected chi connectivity index (χ1v) is 12.2. The van der Waals surface area contributed by atoms with Crippen molar-refractivity contribution in [1.29, 1.82) is 0 Å². The number of carbonyl (C=O) groups is 1. The maximum Gasteiger partial charge on any atom is 0.220 e. The van der Waals surface area contributed by atoms with Crippen LogP contribution >= 0.6 is 0 Å². The highest BCUT2D eigenvalue weighted by Gasteiger charge is 2.71. The van der Waals surface area contributed by atoms with E-state index in [-0.39, 0.29) is 41.2 Å². The van der Waals surface area contributed by atoms with Gasteiger partial charge in [0.05, 0.1) is 24.4 Å². The summed E-state index contributed by atoms with van der Waals surface area (Å²) in [5.41, 5.74) is -0.276. The number of nitrogens with zero attached hydrogens (tertiary/aromatic N) is 1. The third kappa shape index (κ3) is 4.72. The molecular weight excluding hydrogens is 380 g/mol. The van der Waals surface area contributed by atoms with Crippen LogP contribution in [-0.4, -0.2) is 74.1 Å². The fourth-order valence-electron chi connectivity index (χ4n) is 6.18. The number of likely N-dealkylation sites (tertiary alicyclic amines) is 1. The van der Waals surface area contributed by atoms with Crippen LogP contribution in [0.2, 0.25) is 0 Å². The maximum absolute atomic E-state index is 12.7. The van der Waals surface area contributed by atoms with Gasteiger partial charge in [-0.2, -0.15) is 0 Å². The second kappa shape index (κ2) is 9.05. The zero-order valence-electron chi connectivity index (χ0n) is 19.5. The SMILES string of the molecule is CO[C@@H]1C(CC(=O)NCCN2CCCC2)CC[C@]2(CO2)[C@H]1C1(C)O[C@@H]1CCC(C)C. The van der Waals surface area contributed by atoms with E-state index in [9.17, 15) is 4.79 Å².